The van der Waals surface area contributed by atoms with E-state index in [0.29, 0.717) is 34.8 Å². The molecule has 2 amide bonds. The van der Waals surface area contributed by atoms with Crippen LogP contribution in [0.25, 0.3) is 0 Å². The first-order chi connectivity index (χ1) is 14.0. The molecule has 29 heavy (non-hydrogen) atoms. The maximum absolute atomic E-state index is 13.5. The van der Waals surface area contributed by atoms with Crippen molar-refractivity contribution in [1.82, 2.24) is 14.8 Å². The lowest BCUT2D eigenvalue weighted by Crippen LogP contribution is -2.51. The Bertz CT molecular complexity index is 1130. The van der Waals surface area contributed by atoms with Crippen LogP contribution >= 0.6 is 11.6 Å². The molecule has 0 bridgehead atoms. The third-order valence-corrected chi connectivity index (χ3v) is 5.84. The highest BCUT2D eigenvalue weighted by atomic mass is 35.5. The standard InChI is InChI=1S/C22H15ClFN3O2/c23-16-5-3-15(4-6-16)22-19-13-25-10-9-18(19)21(29)27(22)12-11-26(22)20(28)14-1-7-17(24)8-2-14/h1-10,13H,11-12H2/t22-/m1/s1. The lowest BCUT2D eigenvalue weighted by molar-refractivity contribution is 0.0374. The highest BCUT2D eigenvalue weighted by Crippen LogP contribution is 2.49. The SMILES string of the molecule is O=C(c1ccc(F)cc1)N1CCN2C(=O)c3ccncc3[C@]12c1ccc(Cl)cc1. The fourth-order valence-corrected chi connectivity index (χ4v) is 4.49. The van der Waals surface area contributed by atoms with Gasteiger partial charge in [-0.25, -0.2) is 4.39 Å². The molecule has 0 N–H and O–H groups in total. The van der Waals surface area contributed by atoms with Crippen LogP contribution in [0.2, 0.25) is 5.02 Å². The van der Waals surface area contributed by atoms with E-state index in [2.05, 4.69) is 4.98 Å². The number of aromatic nitrogens is 1. The van der Waals surface area contributed by atoms with Gasteiger partial charge in [0.15, 0.2) is 5.66 Å². The fourth-order valence-electron chi connectivity index (χ4n) is 4.36. The van der Waals surface area contributed by atoms with Crippen molar-refractivity contribution in [2.75, 3.05) is 13.1 Å². The summed E-state index contributed by atoms with van der Waals surface area (Å²) in [7, 11) is 0. The third-order valence-electron chi connectivity index (χ3n) is 5.58. The van der Waals surface area contributed by atoms with Gasteiger partial charge < -0.3 is 9.80 Å². The quantitative estimate of drug-likeness (QED) is 0.651. The zero-order valence-electron chi connectivity index (χ0n) is 15.2. The molecule has 1 fully saturated rings. The molecule has 0 spiro atoms. The second-order valence-electron chi connectivity index (χ2n) is 7.02. The zero-order valence-corrected chi connectivity index (χ0v) is 15.9. The molecule has 2 aromatic carbocycles. The van der Waals surface area contributed by atoms with Crippen molar-refractivity contribution in [1.29, 1.82) is 0 Å². The van der Waals surface area contributed by atoms with E-state index >= 15 is 0 Å². The van der Waals surface area contributed by atoms with Crippen LogP contribution in [0.1, 0.15) is 31.8 Å². The molecule has 5 nitrogen and oxygen atoms in total. The van der Waals surface area contributed by atoms with Gasteiger partial charge >= 0.3 is 0 Å². The molecule has 7 heteroatoms. The number of hydrogen-bond donors (Lipinski definition) is 0. The fraction of sp³-hybridized carbons (Fsp3) is 0.136. The van der Waals surface area contributed by atoms with Crippen molar-refractivity contribution in [3.63, 3.8) is 0 Å². The van der Waals surface area contributed by atoms with Crippen LogP contribution in [0, 0.1) is 5.82 Å². The largest absolute Gasteiger partial charge is 0.306 e. The number of hydrogen-bond acceptors (Lipinski definition) is 3. The van der Waals surface area contributed by atoms with Gasteiger partial charge in [-0.15, -0.1) is 0 Å². The maximum Gasteiger partial charge on any atom is 0.256 e. The van der Waals surface area contributed by atoms with Crippen molar-refractivity contribution >= 4 is 23.4 Å². The molecule has 1 atom stereocenters. The Morgan fingerprint density at radius 3 is 2.48 bits per heavy atom. The van der Waals surface area contributed by atoms with Crippen LogP contribution in [-0.4, -0.2) is 39.7 Å². The van der Waals surface area contributed by atoms with Gasteiger partial charge in [-0.05, 0) is 42.5 Å². The van der Waals surface area contributed by atoms with Crippen molar-refractivity contribution in [2.45, 2.75) is 5.66 Å². The normalized spacial score (nSPS) is 20.0. The number of nitrogens with zero attached hydrogens (tertiary/aromatic N) is 3. The molecule has 0 saturated carbocycles. The summed E-state index contributed by atoms with van der Waals surface area (Å²) in [6, 6.07) is 14.2. The molecular weight excluding hydrogens is 393 g/mol. The first-order valence-corrected chi connectivity index (χ1v) is 9.51. The number of benzene rings is 2. The number of halogens is 2. The molecule has 1 aromatic heterocycles. The van der Waals surface area contributed by atoms with E-state index in [9.17, 15) is 14.0 Å². The molecule has 3 heterocycles. The van der Waals surface area contributed by atoms with Gasteiger partial charge in [-0.1, -0.05) is 23.7 Å². The lowest BCUT2D eigenvalue weighted by atomic mass is 9.90. The predicted octanol–water partition coefficient (Wildman–Crippen LogP) is 3.69. The molecule has 0 aliphatic carbocycles. The first-order valence-electron chi connectivity index (χ1n) is 9.13. The van der Waals surface area contributed by atoms with Gasteiger partial charge in [0.2, 0.25) is 0 Å². The predicted molar refractivity (Wildman–Crippen MR) is 105 cm³/mol. The van der Waals surface area contributed by atoms with E-state index in [0.717, 1.165) is 5.56 Å². The molecule has 0 radical (unpaired) electrons. The number of fused-ring (bicyclic) bond motifs is 3. The van der Waals surface area contributed by atoms with Crippen molar-refractivity contribution in [3.05, 3.63) is 100 Å². The Morgan fingerprint density at radius 1 is 1.03 bits per heavy atom. The minimum absolute atomic E-state index is 0.147. The van der Waals surface area contributed by atoms with E-state index in [1.54, 1.807) is 40.4 Å². The monoisotopic (exact) mass is 407 g/mol. The van der Waals surface area contributed by atoms with E-state index < -0.39 is 11.5 Å². The number of amides is 2. The van der Waals surface area contributed by atoms with Crippen LogP contribution in [0.3, 0.4) is 0 Å². The van der Waals surface area contributed by atoms with Gasteiger partial charge in [0.05, 0.1) is 5.56 Å². The summed E-state index contributed by atoms with van der Waals surface area (Å²) in [5.74, 6) is -0.846. The van der Waals surface area contributed by atoms with Crippen molar-refractivity contribution < 1.29 is 14.0 Å². The van der Waals surface area contributed by atoms with Gasteiger partial charge in [-0.2, -0.15) is 0 Å². The molecule has 0 unspecified atom stereocenters. The van der Waals surface area contributed by atoms with E-state index in [-0.39, 0.29) is 11.8 Å². The molecule has 1 saturated heterocycles. The summed E-state index contributed by atoms with van der Waals surface area (Å²) < 4.78 is 13.4. The summed E-state index contributed by atoms with van der Waals surface area (Å²) in [6.45, 7) is 0.724. The Labute approximate surface area is 171 Å². The Balaban J connectivity index is 1.74. The summed E-state index contributed by atoms with van der Waals surface area (Å²) in [4.78, 5) is 34.2. The first kappa shape index (κ1) is 17.8. The highest BCUT2D eigenvalue weighted by Gasteiger charge is 2.59. The van der Waals surface area contributed by atoms with Gasteiger partial charge in [0, 0.05) is 47.2 Å². The molecule has 2 aliphatic heterocycles. The molecule has 5 rings (SSSR count). The number of pyridine rings is 1. The van der Waals surface area contributed by atoms with Crippen LogP contribution in [0.5, 0.6) is 0 Å². The van der Waals surface area contributed by atoms with Crippen molar-refractivity contribution in [3.8, 4) is 0 Å². The molecular formula is C22H15ClFN3O2. The van der Waals surface area contributed by atoms with Crippen LogP contribution in [0.4, 0.5) is 4.39 Å². The van der Waals surface area contributed by atoms with Crippen molar-refractivity contribution in [2.24, 2.45) is 0 Å². The second kappa shape index (κ2) is 6.39. The van der Waals surface area contributed by atoms with Gasteiger partial charge in [-0.3, -0.25) is 14.6 Å². The number of rotatable bonds is 2. The molecule has 2 aliphatic rings. The van der Waals surface area contributed by atoms with E-state index in [4.69, 9.17) is 11.6 Å². The Hall–Kier alpha value is -3.25. The lowest BCUT2D eigenvalue weighted by Gasteiger charge is -2.40. The molecule has 144 valence electrons. The topological polar surface area (TPSA) is 53.5 Å². The average molecular weight is 408 g/mol. The smallest absolute Gasteiger partial charge is 0.256 e. The third kappa shape index (κ3) is 2.42. The van der Waals surface area contributed by atoms with Gasteiger partial charge in [0.1, 0.15) is 5.82 Å². The summed E-state index contributed by atoms with van der Waals surface area (Å²) >= 11 is 6.09. The summed E-state index contributed by atoms with van der Waals surface area (Å²) in [5.41, 5.74) is 1.16. The van der Waals surface area contributed by atoms with Crippen LogP contribution in [-0.2, 0) is 5.66 Å². The summed E-state index contributed by atoms with van der Waals surface area (Å²) in [6.07, 6.45) is 3.21. The Kier molecular flexibility index (Phi) is 3.93. The maximum atomic E-state index is 13.5. The van der Waals surface area contributed by atoms with Crippen LogP contribution in [0.15, 0.2) is 67.0 Å². The highest BCUT2D eigenvalue weighted by molar-refractivity contribution is 6.30. The summed E-state index contributed by atoms with van der Waals surface area (Å²) in [5, 5.41) is 0.557. The Morgan fingerprint density at radius 2 is 1.76 bits per heavy atom. The van der Waals surface area contributed by atoms with E-state index in [1.165, 1.54) is 24.3 Å². The zero-order chi connectivity index (χ0) is 20.2. The number of carbonyl (C=O) groups is 2. The minimum atomic E-state index is -1.11. The van der Waals surface area contributed by atoms with Crippen LogP contribution < -0.4 is 0 Å². The minimum Gasteiger partial charge on any atom is -0.306 e. The average Bonchev–Trinajstić information content (AvgIpc) is 3.25. The van der Waals surface area contributed by atoms with E-state index in [1.807, 2.05) is 12.1 Å². The van der Waals surface area contributed by atoms with Gasteiger partial charge in [0.25, 0.3) is 11.8 Å². The second-order valence-corrected chi connectivity index (χ2v) is 7.46. The molecule has 3 aromatic rings. The number of carbonyl (C=O) groups excluding carboxylic acids is 2.